The average Bonchev–Trinajstić information content (AvgIpc) is 3.35. The number of urea groups is 1. The number of amides is 2. The molecule has 140 valence electrons. The van der Waals surface area contributed by atoms with Crippen molar-refractivity contribution in [2.24, 2.45) is 0 Å². The van der Waals surface area contributed by atoms with Gasteiger partial charge in [-0.2, -0.15) is 13.2 Å². The Balaban J connectivity index is 1.93. The Morgan fingerprint density at radius 3 is 2.54 bits per heavy atom. The second kappa shape index (κ2) is 6.67. The van der Waals surface area contributed by atoms with Gasteiger partial charge in [-0.1, -0.05) is 0 Å². The van der Waals surface area contributed by atoms with E-state index in [1.54, 1.807) is 6.07 Å². The Kier molecular flexibility index (Phi) is 4.70. The summed E-state index contributed by atoms with van der Waals surface area (Å²) in [6, 6.07) is 3.29. The summed E-state index contributed by atoms with van der Waals surface area (Å²) >= 11 is 0.905. The standard InChI is InChI=1S/C16H17F3N4O2S/c1-23(2)15(25)21-12-13(24)22-26-14(12)20-11-6-9(8-3-4-8)5-10(7-11)16(17,18)19/h5-8,20H,3-4H2,1-2H3,(H,21,25)(H,22,24). The Hall–Kier alpha value is -2.49. The first-order chi connectivity index (χ1) is 12.1. The van der Waals surface area contributed by atoms with Gasteiger partial charge in [0.2, 0.25) is 0 Å². The number of carbonyl (C=O) groups excluding carboxylic acids is 1. The van der Waals surface area contributed by atoms with E-state index in [-0.39, 0.29) is 22.3 Å². The van der Waals surface area contributed by atoms with Gasteiger partial charge in [0.1, 0.15) is 10.7 Å². The molecule has 26 heavy (non-hydrogen) atoms. The molecular formula is C16H17F3N4O2S. The summed E-state index contributed by atoms with van der Waals surface area (Å²) in [7, 11) is 3.02. The Bertz CT molecular complexity index is 884. The van der Waals surface area contributed by atoms with Crippen molar-refractivity contribution in [2.75, 3.05) is 24.7 Å². The molecule has 0 atom stereocenters. The normalized spacial score (nSPS) is 14.2. The molecule has 6 nitrogen and oxygen atoms in total. The summed E-state index contributed by atoms with van der Waals surface area (Å²) in [5.41, 5.74) is -0.464. The Morgan fingerprint density at radius 1 is 1.27 bits per heavy atom. The fourth-order valence-corrected chi connectivity index (χ4v) is 3.11. The first-order valence-corrected chi connectivity index (χ1v) is 8.66. The number of nitrogens with one attached hydrogen (secondary N) is 3. The summed E-state index contributed by atoms with van der Waals surface area (Å²) in [6.07, 6.45) is -2.74. The second-order valence-corrected chi connectivity index (χ2v) is 7.12. The van der Waals surface area contributed by atoms with Crippen molar-refractivity contribution >= 4 is 33.9 Å². The van der Waals surface area contributed by atoms with Gasteiger partial charge < -0.3 is 15.5 Å². The molecule has 2 aromatic rings. The number of hydrogen-bond acceptors (Lipinski definition) is 4. The number of aromatic nitrogens is 1. The molecule has 1 saturated carbocycles. The number of halogens is 3. The molecule has 1 heterocycles. The SMILES string of the molecule is CN(C)C(=O)Nc1c(Nc2cc(C3CC3)cc(C(F)(F)F)c2)s[nH]c1=O. The van der Waals surface area contributed by atoms with E-state index in [1.807, 2.05) is 0 Å². The van der Waals surface area contributed by atoms with Crippen LogP contribution in [-0.2, 0) is 6.18 Å². The molecular weight excluding hydrogens is 369 g/mol. The van der Waals surface area contributed by atoms with Crippen LogP contribution in [0.1, 0.15) is 29.9 Å². The second-order valence-electron chi connectivity index (χ2n) is 6.30. The number of carbonyl (C=O) groups is 1. The molecule has 0 bridgehead atoms. The van der Waals surface area contributed by atoms with E-state index in [1.165, 1.54) is 19.0 Å². The molecule has 1 fully saturated rings. The van der Waals surface area contributed by atoms with Crippen LogP contribution >= 0.6 is 11.5 Å². The maximum atomic E-state index is 13.2. The third kappa shape index (κ3) is 4.01. The van der Waals surface area contributed by atoms with Crippen LogP contribution in [0.2, 0.25) is 0 Å². The van der Waals surface area contributed by atoms with Crippen LogP contribution in [0, 0.1) is 0 Å². The molecule has 2 amide bonds. The lowest BCUT2D eigenvalue weighted by Crippen LogP contribution is -2.29. The highest BCUT2D eigenvalue weighted by atomic mass is 32.1. The number of H-pyrrole nitrogens is 1. The van der Waals surface area contributed by atoms with Crippen LogP contribution in [0.25, 0.3) is 0 Å². The Labute approximate surface area is 151 Å². The van der Waals surface area contributed by atoms with Gasteiger partial charge in [0.25, 0.3) is 5.56 Å². The molecule has 1 aromatic carbocycles. The third-order valence-corrected chi connectivity index (χ3v) is 4.73. The van der Waals surface area contributed by atoms with Crippen LogP contribution in [-0.4, -0.2) is 29.4 Å². The van der Waals surface area contributed by atoms with E-state index in [0.29, 0.717) is 5.56 Å². The van der Waals surface area contributed by atoms with Crippen LogP contribution in [0.15, 0.2) is 23.0 Å². The molecule has 3 N–H and O–H groups in total. The summed E-state index contributed by atoms with van der Waals surface area (Å²) in [6.45, 7) is 0. The van der Waals surface area contributed by atoms with Crippen molar-refractivity contribution in [1.82, 2.24) is 9.27 Å². The van der Waals surface area contributed by atoms with Crippen molar-refractivity contribution in [1.29, 1.82) is 0 Å². The lowest BCUT2D eigenvalue weighted by Gasteiger charge is -2.14. The molecule has 3 rings (SSSR count). The van der Waals surface area contributed by atoms with E-state index in [4.69, 9.17) is 0 Å². The predicted molar refractivity (Wildman–Crippen MR) is 94.3 cm³/mol. The van der Waals surface area contributed by atoms with Gasteiger partial charge in [-0.25, -0.2) is 4.79 Å². The lowest BCUT2D eigenvalue weighted by atomic mass is 10.1. The van der Waals surface area contributed by atoms with E-state index in [2.05, 4.69) is 15.0 Å². The van der Waals surface area contributed by atoms with Gasteiger partial charge in [0.05, 0.1) is 5.56 Å². The van der Waals surface area contributed by atoms with E-state index in [9.17, 15) is 22.8 Å². The third-order valence-electron chi connectivity index (χ3n) is 3.93. The summed E-state index contributed by atoms with van der Waals surface area (Å²) in [5, 5.41) is 5.51. The lowest BCUT2D eigenvalue weighted by molar-refractivity contribution is -0.137. The minimum Gasteiger partial charge on any atom is -0.344 e. The quantitative estimate of drug-likeness (QED) is 0.738. The van der Waals surface area contributed by atoms with E-state index in [0.717, 1.165) is 36.5 Å². The summed E-state index contributed by atoms with van der Waals surface area (Å²) in [5.74, 6) is 0.135. The summed E-state index contributed by atoms with van der Waals surface area (Å²) < 4.78 is 42.0. The molecule has 0 radical (unpaired) electrons. The summed E-state index contributed by atoms with van der Waals surface area (Å²) in [4.78, 5) is 24.9. The van der Waals surface area contributed by atoms with Crippen molar-refractivity contribution in [3.05, 3.63) is 39.7 Å². The fourth-order valence-electron chi connectivity index (χ4n) is 2.39. The minimum absolute atomic E-state index is 0.0286. The number of alkyl halides is 3. The van der Waals surface area contributed by atoms with E-state index >= 15 is 0 Å². The predicted octanol–water partition coefficient (Wildman–Crippen LogP) is 4.17. The van der Waals surface area contributed by atoms with Gasteiger partial charge >= 0.3 is 12.2 Å². The number of benzene rings is 1. The monoisotopic (exact) mass is 386 g/mol. The van der Waals surface area contributed by atoms with E-state index < -0.39 is 23.3 Å². The molecule has 0 spiro atoms. The molecule has 0 aliphatic heterocycles. The van der Waals surface area contributed by atoms with Crippen LogP contribution in [0.3, 0.4) is 0 Å². The molecule has 1 aliphatic carbocycles. The van der Waals surface area contributed by atoms with Crippen molar-refractivity contribution in [3.8, 4) is 0 Å². The maximum absolute atomic E-state index is 13.2. The first kappa shape index (κ1) is 18.3. The topological polar surface area (TPSA) is 77.2 Å². The zero-order valence-electron chi connectivity index (χ0n) is 14.0. The van der Waals surface area contributed by atoms with Gasteiger partial charge in [-0.3, -0.25) is 9.17 Å². The smallest absolute Gasteiger partial charge is 0.344 e. The van der Waals surface area contributed by atoms with Crippen LogP contribution < -0.4 is 16.2 Å². The molecule has 0 unspecified atom stereocenters. The largest absolute Gasteiger partial charge is 0.416 e. The Morgan fingerprint density at radius 2 is 1.96 bits per heavy atom. The highest BCUT2D eigenvalue weighted by Crippen LogP contribution is 2.44. The highest BCUT2D eigenvalue weighted by Gasteiger charge is 2.33. The number of aromatic amines is 1. The molecule has 10 heteroatoms. The zero-order chi connectivity index (χ0) is 19.1. The number of anilines is 3. The number of nitrogens with zero attached hydrogens (tertiary/aromatic N) is 1. The number of rotatable bonds is 4. The molecule has 0 saturated heterocycles. The van der Waals surface area contributed by atoms with Crippen molar-refractivity contribution in [2.45, 2.75) is 24.9 Å². The number of hydrogen-bond donors (Lipinski definition) is 3. The molecule has 1 aromatic heterocycles. The van der Waals surface area contributed by atoms with Gasteiger partial charge in [0, 0.05) is 19.8 Å². The van der Waals surface area contributed by atoms with Gasteiger partial charge in [-0.15, -0.1) is 0 Å². The van der Waals surface area contributed by atoms with Gasteiger partial charge in [-0.05, 0) is 54.1 Å². The van der Waals surface area contributed by atoms with Crippen molar-refractivity contribution in [3.63, 3.8) is 0 Å². The average molecular weight is 386 g/mol. The first-order valence-electron chi connectivity index (χ1n) is 7.84. The van der Waals surface area contributed by atoms with Gasteiger partial charge in [0.15, 0.2) is 0 Å². The maximum Gasteiger partial charge on any atom is 0.416 e. The fraction of sp³-hybridized carbons (Fsp3) is 0.375. The van der Waals surface area contributed by atoms with Crippen LogP contribution in [0.5, 0.6) is 0 Å². The minimum atomic E-state index is -4.46. The molecule has 1 aliphatic rings. The van der Waals surface area contributed by atoms with Crippen molar-refractivity contribution < 1.29 is 18.0 Å². The van der Waals surface area contributed by atoms with Crippen LogP contribution in [0.4, 0.5) is 34.3 Å². The zero-order valence-corrected chi connectivity index (χ0v) is 14.8. The highest BCUT2D eigenvalue weighted by molar-refractivity contribution is 7.11.